The normalized spacial score (nSPS) is 12.8. The molecule has 0 heterocycles. The zero-order valence-electron chi connectivity index (χ0n) is 16.0. The zero-order valence-corrected chi connectivity index (χ0v) is 21.0. The Morgan fingerprint density at radius 1 is 0.920 bits per heavy atom. The summed E-state index contributed by atoms with van der Waals surface area (Å²) in [5.41, 5.74) is 1.17. The summed E-state index contributed by atoms with van der Waals surface area (Å²) in [7, 11) is 0. The molecule has 0 spiro atoms. The number of benzene rings is 1. The Morgan fingerprint density at radius 3 is 1.72 bits per heavy atom. The van der Waals surface area contributed by atoms with Crippen LogP contribution in [-0.4, -0.2) is 29.5 Å². The molecular formula is C21H33IO2Sn. The molecule has 0 fully saturated rings. The molecule has 0 aliphatic rings. The molecule has 1 N–H and O–H groups in total. The molecular weight excluding hydrogens is 530 g/mol. The first-order valence-corrected chi connectivity index (χ1v) is 18.3. The number of rotatable bonds is 12. The maximum absolute atomic E-state index is 12.0. The number of carboxylic acids is 1. The van der Waals surface area contributed by atoms with E-state index in [1.54, 1.807) is 0 Å². The summed E-state index contributed by atoms with van der Waals surface area (Å²) < 4.78 is 5.72. The number of hydrogen-bond donors (Lipinski definition) is 1. The second-order valence-electron chi connectivity index (χ2n) is 6.95. The summed E-state index contributed by atoms with van der Waals surface area (Å²) in [6.45, 7) is 6.76. The van der Waals surface area contributed by atoms with Crippen molar-refractivity contribution in [3.8, 4) is 0 Å². The third kappa shape index (κ3) is 6.89. The van der Waals surface area contributed by atoms with Crippen LogP contribution in [0.5, 0.6) is 0 Å². The van der Waals surface area contributed by atoms with E-state index in [9.17, 15) is 9.90 Å². The van der Waals surface area contributed by atoms with Crippen LogP contribution in [0.15, 0.2) is 33.9 Å². The van der Waals surface area contributed by atoms with Gasteiger partial charge in [-0.3, -0.25) is 0 Å². The van der Waals surface area contributed by atoms with Crippen LogP contribution in [0.25, 0.3) is 3.59 Å². The molecule has 2 nitrogen and oxygen atoms in total. The molecule has 0 atom stereocenters. The number of halogens is 1. The Labute approximate surface area is 171 Å². The summed E-state index contributed by atoms with van der Waals surface area (Å²) in [6.07, 6.45) is 7.31. The van der Waals surface area contributed by atoms with Gasteiger partial charge in [0.25, 0.3) is 0 Å². The van der Waals surface area contributed by atoms with Gasteiger partial charge in [0.05, 0.1) is 0 Å². The van der Waals surface area contributed by atoms with Crippen LogP contribution in [0.3, 0.4) is 0 Å². The fourth-order valence-corrected chi connectivity index (χ4v) is 24.8. The SMILES string of the molecule is CCC[CH2][Sn]([CH2]CCC)([CH2]CCC)/[C](=C(\I)C(=O)O)c1ccccc1. The molecule has 0 aliphatic carbocycles. The number of carboxylic acid groups (broad SMARTS) is 1. The Hall–Kier alpha value is -0.0413. The van der Waals surface area contributed by atoms with E-state index >= 15 is 0 Å². The van der Waals surface area contributed by atoms with Gasteiger partial charge in [-0.05, 0) is 0 Å². The molecule has 1 rings (SSSR count). The second-order valence-corrected chi connectivity index (χ2v) is 21.0. The first-order valence-electron chi connectivity index (χ1n) is 9.71. The van der Waals surface area contributed by atoms with Crippen LogP contribution in [-0.2, 0) is 4.79 Å². The molecule has 0 aromatic heterocycles. The number of unbranched alkanes of at least 4 members (excludes halogenated alkanes) is 3. The van der Waals surface area contributed by atoms with Crippen LogP contribution in [0.2, 0.25) is 13.3 Å². The molecule has 0 radical (unpaired) electrons. The van der Waals surface area contributed by atoms with Crippen LogP contribution in [0.1, 0.15) is 64.9 Å². The molecule has 0 saturated carbocycles. The van der Waals surface area contributed by atoms with Gasteiger partial charge in [0.1, 0.15) is 0 Å². The van der Waals surface area contributed by atoms with Crippen molar-refractivity contribution in [1.29, 1.82) is 0 Å². The van der Waals surface area contributed by atoms with Crippen molar-refractivity contribution in [3.63, 3.8) is 0 Å². The average molecular weight is 563 g/mol. The number of aliphatic carboxylic acids is 1. The Bertz CT molecular complexity index is 532. The Balaban J connectivity index is 3.53. The topological polar surface area (TPSA) is 37.3 Å². The summed E-state index contributed by atoms with van der Waals surface area (Å²) >= 11 is -0.692. The molecule has 0 aliphatic heterocycles. The molecule has 1 aromatic carbocycles. The van der Waals surface area contributed by atoms with Crippen molar-refractivity contribution >= 4 is 50.5 Å². The van der Waals surface area contributed by atoms with Gasteiger partial charge in [-0.2, -0.15) is 0 Å². The summed E-state index contributed by atoms with van der Waals surface area (Å²) in [5.74, 6) is -0.745. The molecule has 0 bridgehead atoms. The van der Waals surface area contributed by atoms with Crippen LogP contribution < -0.4 is 0 Å². The van der Waals surface area contributed by atoms with Crippen LogP contribution >= 0.6 is 22.6 Å². The molecule has 140 valence electrons. The summed E-state index contributed by atoms with van der Waals surface area (Å²) in [4.78, 5) is 12.0. The zero-order chi connectivity index (χ0) is 18.7. The van der Waals surface area contributed by atoms with Crippen molar-refractivity contribution in [2.75, 3.05) is 0 Å². The van der Waals surface area contributed by atoms with E-state index in [4.69, 9.17) is 0 Å². The minimum atomic E-state index is -2.80. The van der Waals surface area contributed by atoms with E-state index in [-0.39, 0.29) is 0 Å². The minimum absolute atomic E-state index is 0.586. The molecule has 25 heavy (non-hydrogen) atoms. The fraction of sp³-hybridized carbons (Fsp3) is 0.571. The van der Waals surface area contributed by atoms with Gasteiger partial charge in [0, 0.05) is 0 Å². The maximum atomic E-state index is 12.0. The van der Waals surface area contributed by atoms with E-state index in [0.29, 0.717) is 3.58 Å². The van der Waals surface area contributed by atoms with Gasteiger partial charge in [-0.15, -0.1) is 0 Å². The Morgan fingerprint density at radius 2 is 1.36 bits per heavy atom. The van der Waals surface area contributed by atoms with Crippen molar-refractivity contribution in [3.05, 3.63) is 39.5 Å². The predicted octanol–water partition coefficient (Wildman–Crippen LogP) is 7.31. The van der Waals surface area contributed by atoms with E-state index in [1.165, 1.54) is 61.0 Å². The number of carbonyl (C=O) groups is 1. The Kier molecular flexibility index (Phi) is 11.4. The van der Waals surface area contributed by atoms with E-state index < -0.39 is 24.3 Å². The monoisotopic (exact) mass is 564 g/mol. The standard InChI is InChI=1S/C9H6IO2.3C4H9.Sn/c10-8(9(11)12)6-7-4-2-1-3-5-7;3*1-3-4-2;/h1-5H,(H,11,12);3*1,3-4H2,2H3;. The van der Waals surface area contributed by atoms with E-state index in [1.807, 2.05) is 6.07 Å². The summed E-state index contributed by atoms with van der Waals surface area (Å²) in [6, 6.07) is 10.4. The van der Waals surface area contributed by atoms with E-state index in [2.05, 4.69) is 67.6 Å². The molecule has 0 unspecified atom stereocenters. The van der Waals surface area contributed by atoms with E-state index in [0.717, 1.165) is 0 Å². The van der Waals surface area contributed by atoms with Crippen molar-refractivity contribution in [1.82, 2.24) is 0 Å². The first kappa shape index (κ1) is 23.0. The van der Waals surface area contributed by atoms with Gasteiger partial charge < -0.3 is 0 Å². The summed E-state index contributed by atoms with van der Waals surface area (Å²) in [5, 5.41) is 9.82. The first-order chi connectivity index (χ1) is 12.0. The fourth-order valence-electron chi connectivity index (χ4n) is 3.67. The van der Waals surface area contributed by atoms with Crippen molar-refractivity contribution in [2.45, 2.75) is 72.6 Å². The predicted molar refractivity (Wildman–Crippen MR) is 120 cm³/mol. The molecule has 0 saturated heterocycles. The van der Waals surface area contributed by atoms with Crippen molar-refractivity contribution < 1.29 is 9.90 Å². The number of hydrogen-bond acceptors (Lipinski definition) is 1. The van der Waals surface area contributed by atoms with Crippen LogP contribution in [0.4, 0.5) is 0 Å². The van der Waals surface area contributed by atoms with Gasteiger partial charge in [0.2, 0.25) is 0 Å². The third-order valence-electron chi connectivity index (χ3n) is 5.03. The van der Waals surface area contributed by atoms with Gasteiger partial charge >= 0.3 is 173 Å². The van der Waals surface area contributed by atoms with Crippen molar-refractivity contribution in [2.24, 2.45) is 0 Å². The second kappa shape index (κ2) is 12.4. The third-order valence-corrected chi connectivity index (χ3v) is 23.3. The quantitative estimate of drug-likeness (QED) is 0.165. The molecule has 0 amide bonds. The molecule has 1 aromatic rings. The van der Waals surface area contributed by atoms with Gasteiger partial charge in [-0.1, -0.05) is 0 Å². The van der Waals surface area contributed by atoms with Gasteiger partial charge in [-0.25, -0.2) is 0 Å². The average Bonchev–Trinajstić information content (AvgIpc) is 2.63. The van der Waals surface area contributed by atoms with Gasteiger partial charge in [0.15, 0.2) is 0 Å². The molecule has 4 heteroatoms. The van der Waals surface area contributed by atoms with Crippen LogP contribution in [0, 0.1) is 0 Å².